The molecule has 0 radical (unpaired) electrons. The average molecular weight is 237 g/mol. The second-order valence-electron chi connectivity index (χ2n) is 4.32. The molecule has 90 valence electrons. The molecule has 1 heterocycles. The van der Waals surface area contributed by atoms with Crippen molar-refractivity contribution in [2.75, 3.05) is 5.32 Å². The van der Waals surface area contributed by atoms with Gasteiger partial charge in [0.2, 0.25) is 0 Å². The van der Waals surface area contributed by atoms with Crippen LogP contribution in [0.15, 0.2) is 42.6 Å². The maximum absolute atomic E-state index is 8.84. The molecule has 0 saturated carbocycles. The summed E-state index contributed by atoms with van der Waals surface area (Å²) in [5.41, 5.74) is 3.06. The predicted molar refractivity (Wildman–Crippen MR) is 72.2 cm³/mol. The molecule has 0 saturated heterocycles. The summed E-state index contributed by atoms with van der Waals surface area (Å²) >= 11 is 0. The minimum atomic E-state index is 0.159. The Morgan fingerprint density at radius 3 is 2.61 bits per heavy atom. The Kier molecular flexibility index (Phi) is 3.59. The molecule has 18 heavy (non-hydrogen) atoms. The molecule has 3 nitrogen and oxygen atoms in total. The number of hydrogen-bond donors (Lipinski definition) is 1. The van der Waals surface area contributed by atoms with Crippen molar-refractivity contribution in [3.63, 3.8) is 0 Å². The minimum absolute atomic E-state index is 0.159. The zero-order valence-corrected chi connectivity index (χ0v) is 10.5. The van der Waals surface area contributed by atoms with E-state index in [2.05, 4.69) is 54.5 Å². The highest BCUT2D eigenvalue weighted by Crippen LogP contribution is 2.18. The Labute approximate surface area is 107 Å². The molecule has 1 atom stereocenters. The third-order valence-electron chi connectivity index (χ3n) is 2.83. The molecule has 3 heteroatoms. The zero-order valence-electron chi connectivity index (χ0n) is 10.5. The summed E-state index contributed by atoms with van der Waals surface area (Å²) in [6.45, 7) is 4.14. The smallest absolute Gasteiger partial charge is 0.127 e. The van der Waals surface area contributed by atoms with Crippen LogP contribution in [-0.4, -0.2) is 4.98 Å². The van der Waals surface area contributed by atoms with Crippen molar-refractivity contribution in [1.82, 2.24) is 4.98 Å². The van der Waals surface area contributed by atoms with Gasteiger partial charge in [0.15, 0.2) is 0 Å². The van der Waals surface area contributed by atoms with Crippen molar-refractivity contribution in [2.24, 2.45) is 0 Å². The number of pyridine rings is 1. The number of nitriles is 1. The number of benzene rings is 1. The monoisotopic (exact) mass is 237 g/mol. The third kappa shape index (κ3) is 2.86. The van der Waals surface area contributed by atoms with Gasteiger partial charge in [0.05, 0.1) is 11.6 Å². The number of aryl methyl sites for hydroxylation is 1. The van der Waals surface area contributed by atoms with E-state index < -0.39 is 0 Å². The fourth-order valence-electron chi connectivity index (χ4n) is 1.74. The van der Waals surface area contributed by atoms with Crippen LogP contribution in [0.4, 0.5) is 5.82 Å². The second kappa shape index (κ2) is 5.33. The van der Waals surface area contributed by atoms with Crippen molar-refractivity contribution in [3.05, 3.63) is 59.3 Å². The van der Waals surface area contributed by atoms with Gasteiger partial charge in [-0.1, -0.05) is 29.8 Å². The fraction of sp³-hybridized carbons (Fsp3) is 0.200. The van der Waals surface area contributed by atoms with Crippen LogP contribution >= 0.6 is 0 Å². The molecule has 0 aliphatic carbocycles. The Morgan fingerprint density at radius 1 is 1.22 bits per heavy atom. The van der Waals surface area contributed by atoms with E-state index in [0.717, 1.165) is 5.82 Å². The first-order valence-electron chi connectivity index (χ1n) is 5.88. The third-order valence-corrected chi connectivity index (χ3v) is 2.83. The van der Waals surface area contributed by atoms with E-state index >= 15 is 0 Å². The van der Waals surface area contributed by atoms with Crippen molar-refractivity contribution in [1.29, 1.82) is 5.26 Å². The van der Waals surface area contributed by atoms with Crippen LogP contribution in [0.2, 0.25) is 0 Å². The first-order chi connectivity index (χ1) is 8.69. The topological polar surface area (TPSA) is 48.7 Å². The first kappa shape index (κ1) is 12.1. The summed E-state index contributed by atoms with van der Waals surface area (Å²) < 4.78 is 0. The number of hydrogen-bond acceptors (Lipinski definition) is 3. The van der Waals surface area contributed by atoms with E-state index in [9.17, 15) is 0 Å². The van der Waals surface area contributed by atoms with E-state index in [1.54, 1.807) is 18.3 Å². The van der Waals surface area contributed by atoms with Crippen LogP contribution in [0, 0.1) is 18.3 Å². The summed E-state index contributed by atoms with van der Waals surface area (Å²) in [6.07, 6.45) is 1.64. The van der Waals surface area contributed by atoms with E-state index in [0.29, 0.717) is 5.56 Å². The van der Waals surface area contributed by atoms with Crippen LogP contribution in [0.3, 0.4) is 0 Å². The summed E-state index contributed by atoms with van der Waals surface area (Å²) in [6, 6.07) is 14.1. The van der Waals surface area contributed by atoms with Crippen LogP contribution in [0.5, 0.6) is 0 Å². The Hall–Kier alpha value is -2.34. The molecule has 1 unspecified atom stereocenters. The lowest BCUT2D eigenvalue weighted by Crippen LogP contribution is -2.07. The molecule has 0 bridgehead atoms. The molecule has 0 aliphatic heterocycles. The number of nitrogens with zero attached hydrogens (tertiary/aromatic N) is 2. The lowest BCUT2D eigenvalue weighted by molar-refractivity contribution is 0.874. The lowest BCUT2D eigenvalue weighted by Gasteiger charge is -2.15. The standard InChI is InChI=1S/C15H15N3/c1-11-3-5-14(6-4-11)12(2)18-15-9-13(10-16)7-8-17-15/h3-9,12H,1-2H3,(H,17,18). The molecule has 2 rings (SSSR count). The van der Waals surface area contributed by atoms with E-state index in [1.165, 1.54) is 11.1 Å². The fourth-order valence-corrected chi connectivity index (χ4v) is 1.74. The van der Waals surface area contributed by atoms with E-state index in [4.69, 9.17) is 5.26 Å². The Morgan fingerprint density at radius 2 is 1.94 bits per heavy atom. The lowest BCUT2D eigenvalue weighted by atomic mass is 10.1. The molecule has 1 N–H and O–H groups in total. The van der Waals surface area contributed by atoms with Crippen LogP contribution in [-0.2, 0) is 0 Å². The van der Waals surface area contributed by atoms with Gasteiger partial charge < -0.3 is 5.32 Å². The maximum Gasteiger partial charge on any atom is 0.127 e. The molecule has 2 aromatic rings. The molecule has 1 aromatic carbocycles. The van der Waals surface area contributed by atoms with Gasteiger partial charge in [-0.15, -0.1) is 0 Å². The largest absolute Gasteiger partial charge is 0.364 e. The zero-order chi connectivity index (χ0) is 13.0. The van der Waals surface area contributed by atoms with E-state index in [-0.39, 0.29) is 6.04 Å². The summed E-state index contributed by atoms with van der Waals surface area (Å²) in [7, 11) is 0. The molecule has 0 spiro atoms. The van der Waals surface area contributed by atoms with Crippen molar-refractivity contribution >= 4 is 5.82 Å². The molecule has 0 aliphatic rings. The highest BCUT2D eigenvalue weighted by atomic mass is 15.0. The summed E-state index contributed by atoms with van der Waals surface area (Å²) in [5.74, 6) is 0.724. The minimum Gasteiger partial charge on any atom is -0.364 e. The Bertz CT molecular complexity index is 567. The average Bonchev–Trinajstić information content (AvgIpc) is 2.39. The molecule has 1 aromatic heterocycles. The molecule has 0 fully saturated rings. The van der Waals surface area contributed by atoms with Crippen LogP contribution < -0.4 is 5.32 Å². The first-order valence-corrected chi connectivity index (χ1v) is 5.88. The highest BCUT2D eigenvalue weighted by molar-refractivity contribution is 5.44. The van der Waals surface area contributed by atoms with Gasteiger partial charge in [0, 0.05) is 12.2 Å². The SMILES string of the molecule is Cc1ccc(C(C)Nc2cc(C#N)ccn2)cc1. The predicted octanol–water partition coefficient (Wildman–Crippen LogP) is 3.43. The highest BCUT2D eigenvalue weighted by Gasteiger charge is 2.05. The van der Waals surface area contributed by atoms with Gasteiger partial charge in [-0.05, 0) is 31.5 Å². The van der Waals surface area contributed by atoms with Crippen molar-refractivity contribution < 1.29 is 0 Å². The second-order valence-corrected chi connectivity index (χ2v) is 4.32. The number of nitrogens with one attached hydrogen (secondary N) is 1. The van der Waals surface area contributed by atoms with Gasteiger partial charge in [0.1, 0.15) is 5.82 Å². The van der Waals surface area contributed by atoms with Gasteiger partial charge >= 0.3 is 0 Å². The number of aromatic nitrogens is 1. The van der Waals surface area contributed by atoms with E-state index in [1.807, 2.05) is 0 Å². The van der Waals surface area contributed by atoms with Gasteiger partial charge in [-0.2, -0.15) is 5.26 Å². The van der Waals surface area contributed by atoms with Gasteiger partial charge in [-0.25, -0.2) is 4.98 Å². The summed E-state index contributed by atoms with van der Waals surface area (Å²) in [5, 5.41) is 12.1. The number of anilines is 1. The number of rotatable bonds is 3. The van der Waals surface area contributed by atoms with Gasteiger partial charge in [0.25, 0.3) is 0 Å². The summed E-state index contributed by atoms with van der Waals surface area (Å²) in [4.78, 5) is 4.21. The molecular weight excluding hydrogens is 222 g/mol. The normalized spacial score (nSPS) is 11.6. The van der Waals surface area contributed by atoms with Crippen LogP contribution in [0.25, 0.3) is 0 Å². The molecule has 0 amide bonds. The van der Waals surface area contributed by atoms with Gasteiger partial charge in [-0.3, -0.25) is 0 Å². The quantitative estimate of drug-likeness (QED) is 0.889. The van der Waals surface area contributed by atoms with Crippen molar-refractivity contribution in [3.8, 4) is 6.07 Å². The maximum atomic E-state index is 8.84. The molecular formula is C15H15N3. The van der Waals surface area contributed by atoms with Crippen LogP contribution in [0.1, 0.15) is 29.7 Å². The Balaban J connectivity index is 2.13. The van der Waals surface area contributed by atoms with Crippen molar-refractivity contribution in [2.45, 2.75) is 19.9 Å².